The summed E-state index contributed by atoms with van der Waals surface area (Å²) in [6.07, 6.45) is 0. The zero-order chi connectivity index (χ0) is 33.3. The van der Waals surface area contributed by atoms with Crippen LogP contribution in [0.1, 0.15) is 0 Å². The van der Waals surface area contributed by atoms with E-state index in [1.165, 1.54) is 16.7 Å². The van der Waals surface area contributed by atoms with Gasteiger partial charge in [0.05, 0.1) is 11.4 Å². The first-order valence-electron chi connectivity index (χ1n) is 17.0. The van der Waals surface area contributed by atoms with Crippen LogP contribution in [0.25, 0.3) is 66.4 Å². The van der Waals surface area contributed by atoms with Gasteiger partial charge in [0.1, 0.15) is 5.58 Å². The van der Waals surface area contributed by atoms with Crippen molar-refractivity contribution in [3.05, 3.63) is 200 Å². The minimum atomic E-state index is 0.853. The molecule has 0 radical (unpaired) electrons. The predicted octanol–water partition coefficient (Wildman–Crippen LogP) is 13.7. The third-order valence-corrected chi connectivity index (χ3v) is 9.49. The lowest BCUT2D eigenvalue weighted by Gasteiger charge is -2.30. The number of hydrogen-bond donors (Lipinski definition) is 0. The van der Waals surface area contributed by atoms with Crippen molar-refractivity contribution in [1.29, 1.82) is 0 Å². The van der Waals surface area contributed by atoms with Crippen molar-refractivity contribution >= 4 is 39.0 Å². The van der Waals surface area contributed by atoms with E-state index in [1.807, 2.05) is 6.07 Å². The molecule has 1 heterocycles. The monoisotopic (exact) mass is 639 g/mol. The zero-order valence-electron chi connectivity index (χ0n) is 27.4. The highest BCUT2D eigenvalue weighted by molar-refractivity contribution is 6.11. The van der Waals surface area contributed by atoms with Crippen molar-refractivity contribution in [2.24, 2.45) is 0 Å². The molecule has 0 unspecified atom stereocenters. The SMILES string of the molecule is c1ccc(-c2cccc(N(c3cccc(-c4ccccc4)c3-c3ccccc3-c3ccccc3)c3cccc4c3oc3ccccc34)c2)cc1. The maximum absolute atomic E-state index is 6.73. The third kappa shape index (κ3) is 5.24. The summed E-state index contributed by atoms with van der Waals surface area (Å²) >= 11 is 0. The topological polar surface area (TPSA) is 16.4 Å². The molecule has 2 heteroatoms. The van der Waals surface area contributed by atoms with Gasteiger partial charge < -0.3 is 9.32 Å². The number of fused-ring (bicyclic) bond motifs is 3. The molecule has 0 saturated carbocycles. The van der Waals surface area contributed by atoms with Crippen LogP contribution in [0.4, 0.5) is 17.1 Å². The largest absolute Gasteiger partial charge is 0.454 e. The summed E-state index contributed by atoms with van der Waals surface area (Å²) in [4.78, 5) is 2.39. The Morgan fingerprint density at radius 1 is 0.340 bits per heavy atom. The molecule has 9 aromatic rings. The molecule has 0 aliphatic carbocycles. The van der Waals surface area contributed by atoms with Crippen LogP contribution >= 0.6 is 0 Å². The van der Waals surface area contributed by atoms with Gasteiger partial charge >= 0.3 is 0 Å². The van der Waals surface area contributed by atoms with Crippen LogP contribution in [0.15, 0.2) is 205 Å². The zero-order valence-corrected chi connectivity index (χ0v) is 27.4. The van der Waals surface area contributed by atoms with E-state index < -0.39 is 0 Å². The van der Waals surface area contributed by atoms with Crippen LogP contribution in [-0.2, 0) is 0 Å². The fraction of sp³-hybridized carbons (Fsp3) is 0. The Morgan fingerprint density at radius 3 is 1.62 bits per heavy atom. The molecular weight excluding hydrogens is 607 g/mol. The van der Waals surface area contributed by atoms with Gasteiger partial charge in [-0.1, -0.05) is 170 Å². The Bertz CT molecular complexity index is 2590. The van der Waals surface area contributed by atoms with E-state index in [0.717, 1.165) is 66.8 Å². The fourth-order valence-corrected chi connectivity index (χ4v) is 7.21. The van der Waals surface area contributed by atoms with E-state index in [1.54, 1.807) is 0 Å². The molecule has 0 aliphatic rings. The van der Waals surface area contributed by atoms with Crippen molar-refractivity contribution in [2.45, 2.75) is 0 Å². The summed E-state index contributed by atoms with van der Waals surface area (Å²) in [5.41, 5.74) is 14.1. The van der Waals surface area contributed by atoms with Gasteiger partial charge in [-0.25, -0.2) is 0 Å². The van der Waals surface area contributed by atoms with Gasteiger partial charge in [-0.2, -0.15) is 0 Å². The summed E-state index contributed by atoms with van der Waals surface area (Å²) in [6.45, 7) is 0. The molecule has 0 fully saturated rings. The van der Waals surface area contributed by atoms with Gasteiger partial charge in [0.25, 0.3) is 0 Å². The van der Waals surface area contributed by atoms with E-state index in [4.69, 9.17) is 4.42 Å². The molecule has 0 bridgehead atoms. The first kappa shape index (κ1) is 29.5. The van der Waals surface area contributed by atoms with Crippen LogP contribution in [-0.4, -0.2) is 0 Å². The molecule has 8 aromatic carbocycles. The Hall–Kier alpha value is -6.64. The Kier molecular flexibility index (Phi) is 7.53. The van der Waals surface area contributed by atoms with Crippen molar-refractivity contribution in [1.82, 2.24) is 0 Å². The van der Waals surface area contributed by atoms with Gasteiger partial charge in [0.2, 0.25) is 0 Å². The summed E-state index contributed by atoms with van der Waals surface area (Å²) in [5.74, 6) is 0. The highest BCUT2D eigenvalue weighted by Crippen LogP contribution is 2.50. The van der Waals surface area contributed by atoms with Crippen LogP contribution in [0, 0.1) is 0 Å². The third-order valence-electron chi connectivity index (χ3n) is 9.49. The summed E-state index contributed by atoms with van der Waals surface area (Å²) < 4.78 is 6.73. The molecule has 50 heavy (non-hydrogen) atoms. The molecule has 0 aliphatic heterocycles. The molecular formula is C48H33NO. The van der Waals surface area contributed by atoms with E-state index >= 15 is 0 Å². The second kappa shape index (κ2) is 12.8. The maximum atomic E-state index is 6.73. The average molecular weight is 640 g/mol. The first-order valence-corrected chi connectivity index (χ1v) is 17.0. The molecule has 2 nitrogen and oxygen atoms in total. The average Bonchev–Trinajstić information content (AvgIpc) is 3.59. The molecule has 236 valence electrons. The molecule has 1 aromatic heterocycles. The van der Waals surface area contributed by atoms with Crippen LogP contribution in [0.3, 0.4) is 0 Å². The predicted molar refractivity (Wildman–Crippen MR) is 210 cm³/mol. The van der Waals surface area contributed by atoms with Crippen molar-refractivity contribution in [2.75, 3.05) is 4.90 Å². The van der Waals surface area contributed by atoms with E-state index in [-0.39, 0.29) is 0 Å². The Labute approximate surface area is 292 Å². The van der Waals surface area contributed by atoms with Crippen molar-refractivity contribution < 1.29 is 4.42 Å². The quantitative estimate of drug-likeness (QED) is 0.173. The normalized spacial score (nSPS) is 11.2. The second-order valence-corrected chi connectivity index (χ2v) is 12.5. The van der Waals surface area contributed by atoms with Crippen molar-refractivity contribution in [3.63, 3.8) is 0 Å². The number of nitrogens with zero attached hydrogens (tertiary/aromatic N) is 1. The summed E-state index contributed by atoms with van der Waals surface area (Å²) in [6, 6.07) is 71.1. The fourth-order valence-electron chi connectivity index (χ4n) is 7.21. The van der Waals surface area contributed by atoms with Crippen LogP contribution in [0.2, 0.25) is 0 Å². The number of para-hydroxylation sites is 2. The summed E-state index contributed by atoms with van der Waals surface area (Å²) in [7, 11) is 0. The van der Waals surface area contributed by atoms with Gasteiger partial charge in [0, 0.05) is 22.0 Å². The number of rotatable bonds is 7. The molecule has 0 saturated heterocycles. The number of anilines is 3. The van der Waals surface area contributed by atoms with Gasteiger partial charge in [-0.3, -0.25) is 0 Å². The number of benzene rings is 8. The van der Waals surface area contributed by atoms with E-state index in [0.29, 0.717) is 0 Å². The lowest BCUT2D eigenvalue weighted by atomic mass is 9.87. The first-order chi connectivity index (χ1) is 24.8. The van der Waals surface area contributed by atoms with E-state index in [2.05, 4.69) is 199 Å². The van der Waals surface area contributed by atoms with Crippen LogP contribution < -0.4 is 4.90 Å². The minimum absolute atomic E-state index is 0.853. The minimum Gasteiger partial charge on any atom is -0.454 e. The lowest BCUT2D eigenvalue weighted by molar-refractivity contribution is 0.669. The second-order valence-electron chi connectivity index (χ2n) is 12.5. The number of hydrogen-bond acceptors (Lipinski definition) is 2. The van der Waals surface area contributed by atoms with Gasteiger partial charge in [0.15, 0.2) is 5.58 Å². The molecule has 0 amide bonds. The van der Waals surface area contributed by atoms with Gasteiger partial charge in [-0.05, 0) is 69.3 Å². The lowest BCUT2D eigenvalue weighted by Crippen LogP contribution is -2.12. The molecule has 9 rings (SSSR count). The van der Waals surface area contributed by atoms with Crippen LogP contribution in [0.5, 0.6) is 0 Å². The summed E-state index contributed by atoms with van der Waals surface area (Å²) in [5, 5.41) is 2.20. The van der Waals surface area contributed by atoms with Gasteiger partial charge in [-0.15, -0.1) is 0 Å². The number of furan rings is 1. The van der Waals surface area contributed by atoms with E-state index in [9.17, 15) is 0 Å². The Morgan fingerprint density at radius 2 is 0.860 bits per heavy atom. The molecule has 0 atom stereocenters. The smallest absolute Gasteiger partial charge is 0.159 e. The highest BCUT2D eigenvalue weighted by Gasteiger charge is 2.25. The highest BCUT2D eigenvalue weighted by atomic mass is 16.3. The molecule has 0 N–H and O–H groups in total. The van der Waals surface area contributed by atoms with Crippen molar-refractivity contribution in [3.8, 4) is 44.5 Å². The maximum Gasteiger partial charge on any atom is 0.159 e. The Balaban J connectivity index is 1.39. The standard InChI is InChI=1S/C48H33NO/c1-4-17-34(18-5-1)37-23-14-24-38(33-37)49(45-31-16-29-43-41-26-12-13-32-46(41)50-48(43)45)44-30-15-28-40(36-21-8-3-9-22-36)47(44)42-27-11-10-25-39(42)35-19-6-2-7-20-35/h1-33H. The molecule has 0 spiro atoms.